The molecule has 3 heterocycles. The van der Waals surface area contributed by atoms with Gasteiger partial charge in [0.15, 0.2) is 0 Å². The van der Waals surface area contributed by atoms with Crippen LogP contribution >= 0.6 is 8.07 Å². The minimum absolute atomic E-state index is 0.0279. The molecule has 3 aliphatic heterocycles. The van der Waals surface area contributed by atoms with Crippen molar-refractivity contribution in [3.8, 4) is 0 Å². The Morgan fingerprint density at radius 2 is 1.79 bits per heavy atom. The maximum Gasteiger partial charge on any atom is 0.302 e. The Labute approximate surface area is 200 Å². The van der Waals surface area contributed by atoms with Gasteiger partial charge in [0.1, 0.15) is 0 Å². The van der Waals surface area contributed by atoms with Crippen molar-refractivity contribution in [1.29, 1.82) is 0 Å². The third-order valence-corrected chi connectivity index (χ3v) is 16.6. The lowest BCUT2D eigenvalue weighted by atomic mass is 9.81. The van der Waals surface area contributed by atoms with Gasteiger partial charge in [0.25, 0.3) is 0 Å². The number of carbonyl (C=O) groups is 1. The molecule has 0 bridgehead atoms. The lowest BCUT2D eigenvalue weighted by Gasteiger charge is -2.51. The smallest absolute Gasteiger partial charge is 0.302 e. The van der Waals surface area contributed by atoms with E-state index in [0.29, 0.717) is 0 Å². The van der Waals surface area contributed by atoms with Crippen LogP contribution in [0.25, 0.3) is 0 Å². The first-order chi connectivity index (χ1) is 15.4. The molecular formula is C27H35N2O2PSi. The van der Waals surface area contributed by atoms with E-state index in [4.69, 9.17) is 9.53 Å². The summed E-state index contributed by atoms with van der Waals surface area (Å²) in [5, 5.41) is 7.19. The van der Waals surface area contributed by atoms with Crippen molar-refractivity contribution in [2.75, 3.05) is 0 Å². The first-order valence-electron chi connectivity index (χ1n) is 11.9. The van der Waals surface area contributed by atoms with Gasteiger partial charge in [-0.2, -0.15) is 5.10 Å². The molecule has 5 atom stereocenters. The SMILES string of the molecule is CC(=O)N1N=C(C)[C@@H]2[C@@H]3C=CC=C[C@]34C(=C(C(C)(C)C)O[Si@]4(c3ccccc3)C(C)(C)C)P21. The van der Waals surface area contributed by atoms with Gasteiger partial charge < -0.3 is 4.43 Å². The van der Waals surface area contributed by atoms with Crippen LogP contribution in [0.15, 0.2) is 70.8 Å². The summed E-state index contributed by atoms with van der Waals surface area (Å²) < 4.78 is 9.34. The molecule has 0 aromatic heterocycles. The van der Waals surface area contributed by atoms with Crippen LogP contribution in [0, 0.1) is 11.3 Å². The van der Waals surface area contributed by atoms with Crippen molar-refractivity contribution < 1.29 is 9.22 Å². The van der Waals surface area contributed by atoms with Gasteiger partial charge in [-0.3, -0.25) is 4.79 Å². The number of rotatable bonds is 1. The van der Waals surface area contributed by atoms with E-state index in [-0.39, 0.29) is 33.0 Å². The van der Waals surface area contributed by atoms with Crippen molar-refractivity contribution in [1.82, 2.24) is 4.78 Å². The van der Waals surface area contributed by atoms with Crippen LogP contribution in [0.1, 0.15) is 55.4 Å². The number of hydrogen-bond acceptors (Lipinski definition) is 3. The first kappa shape index (κ1) is 22.8. The van der Waals surface area contributed by atoms with Crippen LogP contribution in [-0.2, 0) is 9.22 Å². The average Bonchev–Trinajstić information content (AvgIpc) is 3.32. The van der Waals surface area contributed by atoms with E-state index in [1.807, 2.05) is 4.78 Å². The van der Waals surface area contributed by atoms with Gasteiger partial charge in [-0.15, -0.1) is 0 Å². The van der Waals surface area contributed by atoms with E-state index in [0.717, 1.165) is 11.5 Å². The summed E-state index contributed by atoms with van der Waals surface area (Å²) in [6, 6.07) is 11.0. The summed E-state index contributed by atoms with van der Waals surface area (Å²) in [4.78, 5) is 12.9. The van der Waals surface area contributed by atoms with Crippen LogP contribution in [0.3, 0.4) is 0 Å². The Morgan fingerprint density at radius 3 is 2.36 bits per heavy atom. The fourth-order valence-electron chi connectivity index (χ4n) is 6.64. The molecule has 174 valence electrons. The second kappa shape index (κ2) is 7.02. The Morgan fingerprint density at radius 1 is 1.12 bits per heavy atom. The predicted molar refractivity (Wildman–Crippen MR) is 140 cm³/mol. The third kappa shape index (κ3) is 2.73. The fraction of sp³-hybridized carbons (Fsp3) is 0.481. The lowest BCUT2D eigenvalue weighted by molar-refractivity contribution is -0.124. The Kier molecular flexibility index (Phi) is 4.85. The van der Waals surface area contributed by atoms with Gasteiger partial charge in [-0.05, 0) is 17.1 Å². The van der Waals surface area contributed by atoms with E-state index < -0.39 is 16.4 Å². The summed E-state index contributed by atoms with van der Waals surface area (Å²) in [5.74, 6) is 1.37. The van der Waals surface area contributed by atoms with Gasteiger partial charge >= 0.3 is 8.32 Å². The van der Waals surface area contributed by atoms with Crippen molar-refractivity contribution in [3.05, 3.63) is 65.7 Å². The lowest BCUT2D eigenvalue weighted by Crippen LogP contribution is -2.65. The van der Waals surface area contributed by atoms with Crippen molar-refractivity contribution in [2.24, 2.45) is 16.4 Å². The van der Waals surface area contributed by atoms with E-state index >= 15 is 0 Å². The highest BCUT2D eigenvalue weighted by atomic mass is 31.1. The van der Waals surface area contributed by atoms with E-state index in [2.05, 4.69) is 103 Å². The Balaban J connectivity index is 1.92. The predicted octanol–water partition coefficient (Wildman–Crippen LogP) is 6.43. The number of fused-ring (bicyclic) bond motifs is 3. The molecule has 1 unspecified atom stereocenters. The Bertz CT molecular complexity index is 1140. The molecule has 1 aliphatic carbocycles. The van der Waals surface area contributed by atoms with Gasteiger partial charge in [0.05, 0.1) is 24.5 Å². The average molecular weight is 479 g/mol. The number of hydrogen-bond donors (Lipinski definition) is 0. The zero-order valence-electron chi connectivity index (χ0n) is 21.0. The molecule has 1 saturated heterocycles. The van der Waals surface area contributed by atoms with E-state index in [1.165, 1.54) is 10.5 Å². The number of amides is 1. The Hall–Kier alpha value is -1.97. The second-order valence-electron chi connectivity index (χ2n) is 11.8. The molecule has 0 saturated carbocycles. The van der Waals surface area contributed by atoms with Crippen LogP contribution < -0.4 is 5.19 Å². The normalized spacial score (nSPS) is 34.7. The van der Waals surface area contributed by atoms with Crippen LogP contribution in [0.4, 0.5) is 0 Å². The highest BCUT2D eigenvalue weighted by Crippen LogP contribution is 2.85. The fourth-order valence-corrected chi connectivity index (χ4v) is 17.2. The molecule has 1 aromatic carbocycles. The minimum atomic E-state index is -2.74. The summed E-state index contributed by atoms with van der Waals surface area (Å²) in [6.07, 6.45) is 9.27. The highest BCUT2D eigenvalue weighted by Gasteiger charge is 2.79. The second-order valence-corrected chi connectivity index (χ2v) is 18.3. The molecular weight excluding hydrogens is 443 g/mol. The molecule has 1 amide bonds. The summed E-state index contributed by atoms with van der Waals surface area (Å²) in [6.45, 7) is 17.6. The molecule has 0 N–H and O–H groups in total. The molecule has 33 heavy (non-hydrogen) atoms. The van der Waals surface area contributed by atoms with E-state index in [1.54, 1.807) is 6.92 Å². The summed E-state index contributed by atoms with van der Waals surface area (Å²) >= 11 is 0. The highest BCUT2D eigenvalue weighted by molar-refractivity contribution is 7.63. The van der Waals surface area contributed by atoms with Gasteiger partial charge in [0.2, 0.25) is 5.91 Å². The summed E-state index contributed by atoms with van der Waals surface area (Å²) in [5.41, 5.74) is 1.15. The zero-order valence-corrected chi connectivity index (χ0v) is 22.9. The van der Waals surface area contributed by atoms with Crippen molar-refractivity contribution in [3.63, 3.8) is 0 Å². The van der Waals surface area contributed by atoms with Gasteiger partial charge in [-0.25, -0.2) is 4.78 Å². The molecule has 5 rings (SSSR count). The topological polar surface area (TPSA) is 41.9 Å². The molecule has 1 spiro atoms. The van der Waals surface area contributed by atoms with E-state index in [9.17, 15) is 4.79 Å². The third-order valence-electron chi connectivity index (χ3n) is 7.68. The molecule has 4 aliphatic rings. The van der Waals surface area contributed by atoms with Gasteiger partial charge in [-0.1, -0.05) is 96.2 Å². The largest absolute Gasteiger partial charge is 0.540 e. The molecule has 0 radical (unpaired) electrons. The molecule has 4 nitrogen and oxygen atoms in total. The quantitative estimate of drug-likeness (QED) is 0.345. The van der Waals surface area contributed by atoms with Crippen molar-refractivity contribution >= 4 is 33.2 Å². The zero-order chi connectivity index (χ0) is 24.0. The van der Waals surface area contributed by atoms with Crippen LogP contribution in [-0.4, -0.2) is 30.4 Å². The number of nitrogens with zero attached hydrogens (tertiary/aromatic N) is 2. The maximum absolute atomic E-state index is 12.9. The van der Waals surface area contributed by atoms with Gasteiger partial charge in [0, 0.05) is 29.3 Å². The molecule has 1 aromatic rings. The van der Waals surface area contributed by atoms with Crippen LogP contribution in [0.2, 0.25) is 10.1 Å². The maximum atomic E-state index is 12.9. The molecule has 1 fully saturated rings. The number of hydrazone groups is 1. The standard InChI is InChI=1S/C27H35N2O2PSi/c1-18-22-21-16-12-13-17-27(21)24(32(22)29(28-18)19(2)30)23(25(3,4)5)31-33(27,26(6,7)8)20-14-10-9-11-15-20/h9-17,21-22H,1-8H3/t21-,22+,27+,32?,33+/m0/s1. The number of carbonyl (C=O) groups excluding carboxylic acids is 1. The first-order valence-corrected chi connectivity index (χ1v) is 15.2. The number of benzene rings is 1. The van der Waals surface area contributed by atoms with Crippen molar-refractivity contribution in [2.45, 2.75) is 71.1 Å². The summed E-state index contributed by atoms with van der Waals surface area (Å²) in [7, 11) is -3.71. The van der Waals surface area contributed by atoms with Crippen LogP contribution in [0.5, 0.6) is 0 Å². The molecule has 6 heteroatoms. The number of allylic oxidation sites excluding steroid dienone is 6. The monoisotopic (exact) mass is 478 g/mol. The minimum Gasteiger partial charge on any atom is -0.540 e.